The summed E-state index contributed by atoms with van der Waals surface area (Å²) < 4.78 is 1.14. The van der Waals surface area contributed by atoms with Crippen molar-refractivity contribution in [2.24, 2.45) is 0 Å². The molecular formula is C16H16BrCl2NS. The Morgan fingerprint density at radius 3 is 2.57 bits per heavy atom. The molecule has 0 amide bonds. The van der Waals surface area contributed by atoms with Gasteiger partial charge in [0.1, 0.15) is 0 Å². The second-order valence-electron chi connectivity index (χ2n) is 4.68. The molecule has 0 aliphatic rings. The second-order valence-corrected chi connectivity index (χ2v) is 7.41. The lowest BCUT2D eigenvalue weighted by Crippen LogP contribution is -2.30. The third-order valence-corrected chi connectivity index (χ3v) is 6.08. The van der Waals surface area contributed by atoms with Crippen molar-refractivity contribution < 1.29 is 0 Å². The number of halogens is 3. The highest BCUT2D eigenvalue weighted by molar-refractivity contribution is 9.10. The van der Waals surface area contributed by atoms with Crippen LogP contribution in [0.25, 0.3) is 0 Å². The van der Waals surface area contributed by atoms with Crippen molar-refractivity contribution in [1.29, 1.82) is 0 Å². The van der Waals surface area contributed by atoms with E-state index in [1.165, 1.54) is 10.5 Å². The summed E-state index contributed by atoms with van der Waals surface area (Å²) in [6, 6.07) is 14.5. The van der Waals surface area contributed by atoms with E-state index in [1.807, 2.05) is 43.1 Å². The van der Waals surface area contributed by atoms with E-state index in [0.29, 0.717) is 16.1 Å². The molecule has 21 heavy (non-hydrogen) atoms. The molecule has 2 rings (SSSR count). The first-order valence-corrected chi connectivity index (χ1v) is 9.12. The lowest BCUT2D eigenvalue weighted by atomic mass is 10.1. The molecule has 2 aromatic rings. The lowest BCUT2D eigenvalue weighted by Gasteiger charge is -2.16. The SMILES string of the molecule is CNC(CSc1ccccc1Br)Cc1ccc(Cl)c(Cl)c1. The van der Waals surface area contributed by atoms with Gasteiger partial charge in [-0.2, -0.15) is 0 Å². The highest BCUT2D eigenvalue weighted by Gasteiger charge is 2.10. The molecule has 5 heteroatoms. The van der Waals surface area contributed by atoms with E-state index in [-0.39, 0.29) is 0 Å². The van der Waals surface area contributed by atoms with Crippen LogP contribution in [0.1, 0.15) is 5.56 Å². The fraction of sp³-hybridized carbons (Fsp3) is 0.250. The Bertz CT molecular complexity index is 607. The highest BCUT2D eigenvalue weighted by Crippen LogP contribution is 2.28. The Morgan fingerprint density at radius 2 is 1.90 bits per heavy atom. The van der Waals surface area contributed by atoms with Gasteiger partial charge in [0.15, 0.2) is 0 Å². The zero-order chi connectivity index (χ0) is 15.2. The minimum Gasteiger partial charge on any atom is -0.316 e. The molecule has 0 saturated carbocycles. The van der Waals surface area contributed by atoms with Crippen molar-refractivity contribution in [3.63, 3.8) is 0 Å². The van der Waals surface area contributed by atoms with Gasteiger partial charge in [-0.05, 0) is 59.2 Å². The molecule has 0 bridgehead atoms. The Balaban J connectivity index is 1.97. The number of hydrogen-bond donors (Lipinski definition) is 1. The lowest BCUT2D eigenvalue weighted by molar-refractivity contribution is 0.617. The summed E-state index contributed by atoms with van der Waals surface area (Å²) in [5.74, 6) is 0.985. The minimum atomic E-state index is 0.374. The normalized spacial score (nSPS) is 12.4. The molecule has 1 unspecified atom stereocenters. The van der Waals surface area contributed by atoms with Crippen molar-refractivity contribution in [3.8, 4) is 0 Å². The monoisotopic (exact) mass is 403 g/mol. The maximum absolute atomic E-state index is 6.07. The predicted molar refractivity (Wildman–Crippen MR) is 97.9 cm³/mol. The zero-order valence-electron chi connectivity index (χ0n) is 11.6. The Kier molecular flexibility index (Phi) is 6.90. The molecule has 0 aliphatic heterocycles. The highest BCUT2D eigenvalue weighted by atomic mass is 79.9. The molecule has 0 saturated heterocycles. The largest absolute Gasteiger partial charge is 0.316 e. The predicted octanol–water partition coefficient (Wildman–Crippen LogP) is 5.68. The van der Waals surface area contributed by atoms with E-state index < -0.39 is 0 Å². The van der Waals surface area contributed by atoms with Crippen LogP contribution in [0.3, 0.4) is 0 Å². The molecular weight excluding hydrogens is 389 g/mol. The van der Waals surface area contributed by atoms with Crippen LogP contribution in [-0.4, -0.2) is 18.8 Å². The van der Waals surface area contributed by atoms with Crippen LogP contribution in [0.2, 0.25) is 10.0 Å². The molecule has 1 atom stereocenters. The second kappa shape index (κ2) is 8.44. The summed E-state index contributed by atoms with van der Waals surface area (Å²) in [6.45, 7) is 0. The number of rotatable bonds is 6. The first kappa shape index (κ1) is 17.2. The molecule has 0 fully saturated rings. The minimum absolute atomic E-state index is 0.374. The van der Waals surface area contributed by atoms with Gasteiger partial charge >= 0.3 is 0 Å². The molecule has 2 aromatic carbocycles. The first-order valence-electron chi connectivity index (χ1n) is 6.58. The van der Waals surface area contributed by atoms with Crippen molar-refractivity contribution in [2.45, 2.75) is 17.4 Å². The van der Waals surface area contributed by atoms with Crippen LogP contribution in [0.15, 0.2) is 51.8 Å². The van der Waals surface area contributed by atoms with Gasteiger partial charge in [-0.1, -0.05) is 41.4 Å². The third kappa shape index (κ3) is 5.19. The summed E-state index contributed by atoms with van der Waals surface area (Å²) in [6.07, 6.45) is 0.921. The van der Waals surface area contributed by atoms with E-state index in [1.54, 1.807) is 0 Å². The summed E-state index contributed by atoms with van der Waals surface area (Å²) in [7, 11) is 1.99. The molecule has 1 nitrogen and oxygen atoms in total. The van der Waals surface area contributed by atoms with Gasteiger partial charge in [0.05, 0.1) is 10.0 Å². The number of nitrogens with one attached hydrogen (secondary N) is 1. The Morgan fingerprint density at radius 1 is 1.14 bits per heavy atom. The number of hydrogen-bond acceptors (Lipinski definition) is 2. The third-order valence-electron chi connectivity index (χ3n) is 3.15. The van der Waals surface area contributed by atoms with Gasteiger partial charge in [0.2, 0.25) is 0 Å². The van der Waals surface area contributed by atoms with Crippen LogP contribution in [0, 0.1) is 0 Å². The zero-order valence-corrected chi connectivity index (χ0v) is 15.5. The fourth-order valence-corrected chi connectivity index (χ4v) is 3.94. The molecule has 1 N–H and O–H groups in total. The molecule has 0 spiro atoms. The average molecular weight is 405 g/mol. The van der Waals surface area contributed by atoms with Crippen molar-refractivity contribution in [3.05, 3.63) is 62.5 Å². The van der Waals surface area contributed by atoms with E-state index in [4.69, 9.17) is 23.2 Å². The maximum Gasteiger partial charge on any atom is 0.0595 e. The van der Waals surface area contributed by atoms with Gasteiger partial charge in [0, 0.05) is 21.2 Å². The van der Waals surface area contributed by atoms with E-state index in [2.05, 4.69) is 39.4 Å². The van der Waals surface area contributed by atoms with Crippen LogP contribution < -0.4 is 5.32 Å². The van der Waals surface area contributed by atoms with Crippen molar-refractivity contribution >= 4 is 50.9 Å². The first-order chi connectivity index (χ1) is 10.1. The Labute approximate surface area is 148 Å². The summed E-state index contributed by atoms with van der Waals surface area (Å²) in [4.78, 5) is 1.26. The van der Waals surface area contributed by atoms with Crippen molar-refractivity contribution in [2.75, 3.05) is 12.8 Å². The van der Waals surface area contributed by atoms with Gasteiger partial charge in [0.25, 0.3) is 0 Å². The number of likely N-dealkylation sites (N-methyl/N-ethyl adjacent to an activating group) is 1. The number of thioether (sulfide) groups is 1. The van der Waals surface area contributed by atoms with E-state index in [9.17, 15) is 0 Å². The van der Waals surface area contributed by atoms with Crippen LogP contribution in [-0.2, 0) is 6.42 Å². The van der Waals surface area contributed by atoms with Crippen LogP contribution in [0.4, 0.5) is 0 Å². The van der Waals surface area contributed by atoms with E-state index >= 15 is 0 Å². The molecule has 0 radical (unpaired) electrons. The molecule has 0 aromatic heterocycles. The van der Waals surface area contributed by atoms with Gasteiger partial charge in [-0.15, -0.1) is 11.8 Å². The summed E-state index contributed by atoms with van der Waals surface area (Å²) in [5.41, 5.74) is 1.19. The standard InChI is InChI=1S/C16H16BrCl2NS/c1-20-12(8-11-6-7-14(18)15(19)9-11)10-21-16-5-3-2-4-13(16)17/h2-7,9,12,20H,8,10H2,1H3. The van der Waals surface area contributed by atoms with Crippen LogP contribution in [0.5, 0.6) is 0 Å². The average Bonchev–Trinajstić information content (AvgIpc) is 2.48. The smallest absolute Gasteiger partial charge is 0.0595 e. The van der Waals surface area contributed by atoms with E-state index in [0.717, 1.165) is 16.6 Å². The van der Waals surface area contributed by atoms with Crippen LogP contribution >= 0.6 is 50.9 Å². The Hall–Kier alpha value is -0.190. The topological polar surface area (TPSA) is 12.0 Å². The molecule has 0 aliphatic carbocycles. The summed E-state index contributed by atoms with van der Waals surface area (Å²) >= 11 is 17.4. The van der Waals surface area contributed by atoms with Crippen molar-refractivity contribution in [1.82, 2.24) is 5.32 Å². The molecule has 112 valence electrons. The molecule has 0 heterocycles. The fourth-order valence-electron chi connectivity index (χ4n) is 1.95. The summed E-state index contributed by atoms with van der Waals surface area (Å²) in [5, 5.41) is 4.58. The van der Waals surface area contributed by atoms with Gasteiger partial charge in [-0.3, -0.25) is 0 Å². The van der Waals surface area contributed by atoms with Gasteiger partial charge < -0.3 is 5.32 Å². The maximum atomic E-state index is 6.07. The quantitative estimate of drug-likeness (QED) is 0.621. The number of benzene rings is 2. The van der Waals surface area contributed by atoms with Gasteiger partial charge in [-0.25, -0.2) is 0 Å².